The van der Waals surface area contributed by atoms with Crippen LogP contribution >= 0.6 is 0 Å². The van der Waals surface area contributed by atoms with Crippen molar-refractivity contribution in [3.8, 4) is 0 Å². The summed E-state index contributed by atoms with van der Waals surface area (Å²) in [6.45, 7) is 2.06. The van der Waals surface area contributed by atoms with Gasteiger partial charge in [-0.25, -0.2) is 0 Å². The Bertz CT molecular complexity index is 442. The maximum absolute atomic E-state index is 11.1. The van der Waals surface area contributed by atoms with Crippen molar-refractivity contribution in [3.05, 3.63) is 0 Å². The molecular formula is C14H25N3O7. The average Bonchev–Trinajstić information content (AvgIpc) is 2.45. The summed E-state index contributed by atoms with van der Waals surface area (Å²) < 4.78 is 0. The molecule has 0 aliphatic rings. The van der Waals surface area contributed by atoms with Crippen LogP contribution in [0.3, 0.4) is 0 Å². The lowest BCUT2D eigenvalue weighted by molar-refractivity contribution is -0.140. The van der Waals surface area contributed by atoms with Crippen LogP contribution in [0.2, 0.25) is 0 Å². The molecule has 1 unspecified atom stereocenters. The molecule has 0 aromatic heterocycles. The molecule has 0 radical (unpaired) electrons. The third kappa shape index (κ3) is 12.5. The molecule has 10 nitrogen and oxygen atoms in total. The highest BCUT2D eigenvalue weighted by Gasteiger charge is 2.18. The van der Waals surface area contributed by atoms with Crippen molar-refractivity contribution < 1.29 is 34.5 Å². The van der Waals surface area contributed by atoms with Gasteiger partial charge in [0.2, 0.25) is 0 Å². The van der Waals surface area contributed by atoms with E-state index >= 15 is 0 Å². The second-order valence-corrected chi connectivity index (χ2v) is 5.33. The highest BCUT2D eigenvalue weighted by atomic mass is 16.4. The van der Waals surface area contributed by atoms with Crippen LogP contribution in [0.25, 0.3) is 0 Å². The molecule has 0 bridgehead atoms. The topological polar surface area (TPSA) is 156 Å². The van der Waals surface area contributed by atoms with Crippen molar-refractivity contribution in [1.82, 2.24) is 15.5 Å². The number of carbonyl (C=O) groups is 4. The van der Waals surface area contributed by atoms with Gasteiger partial charge in [-0.2, -0.15) is 0 Å². The fraction of sp³-hybridized carbons (Fsp3) is 0.714. The van der Waals surface area contributed by atoms with Gasteiger partial charge in [-0.3, -0.25) is 19.3 Å². The largest absolute Gasteiger partial charge is 0.480 e. The summed E-state index contributed by atoms with van der Waals surface area (Å²) in [5, 5.41) is 31.9. The minimum atomic E-state index is -1.07. The molecule has 0 aromatic carbocycles. The van der Waals surface area contributed by atoms with E-state index in [1.165, 1.54) is 6.92 Å². The lowest BCUT2D eigenvalue weighted by atomic mass is 10.1. The molecular weight excluding hydrogens is 322 g/mol. The molecule has 0 rings (SSSR count). The Morgan fingerprint density at radius 2 is 1.62 bits per heavy atom. The number of carbonyl (C=O) groups excluding carboxylic acids is 1. The van der Waals surface area contributed by atoms with E-state index in [1.807, 2.05) is 0 Å². The molecule has 0 spiro atoms. The molecule has 0 aromatic rings. The Hall–Kier alpha value is -2.04. The first-order valence-corrected chi connectivity index (χ1v) is 7.54. The Kier molecular flexibility index (Phi) is 11.3. The van der Waals surface area contributed by atoms with Gasteiger partial charge in [0.05, 0.1) is 13.1 Å². The number of nitrogens with one attached hydrogen (secondary N) is 2. The molecule has 5 N–H and O–H groups in total. The van der Waals surface area contributed by atoms with Crippen LogP contribution in [0, 0.1) is 0 Å². The molecule has 0 amide bonds. The normalized spacial score (nSPS) is 12.1. The minimum Gasteiger partial charge on any atom is -0.480 e. The quantitative estimate of drug-likeness (QED) is 0.220. The van der Waals surface area contributed by atoms with E-state index in [-0.39, 0.29) is 44.8 Å². The molecule has 0 aliphatic carbocycles. The van der Waals surface area contributed by atoms with E-state index < -0.39 is 23.9 Å². The smallest absolute Gasteiger partial charge is 0.320 e. The highest BCUT2D eigenvalue weighted by Crippen LogP contribution is 1.99. The van der Waals surface area contributed by atoms with Crippen molar-refractivity contribution in [3.63, 3.8) is 0 Å². The van der Waals surface area contributed by atoms with Crippen molar-refractivity contribution in [2.45, 2.75) is 25.8 Å². The zero-order valence-electron chi connectivity index (χ0n) is 13.7. The molecule has 0 heterocycles. The summed E-state index contributed by atoms with van der Waals surface area (Å²) >= 11 is 0. The third-order valence-corrected chi connectivity index (χ3v) is 3.14. The van der Waals surface area contributed by atoms with E-state index in [2.05, 4.69) is 10.6 Å². The van der Waals surface area contributed by atoms with Crippen molar-refractivity contribution in [2.75, 3.05) is 39.3 Å². The SMILES string of the molecule is CC(=O)CCC(NCCN(CCNCC(=O)O)CC(=O)O)C(=O)O. The standard InChI is InChI=1S/C14H25N3O7/c1-10(18)2-3-11(14(23)24)16-5-7-17(9-13(21)22)6-4-15-8-12(19)20/h11,15-16H,2-9H2,1H3,(H,19,20)(H,21,22)(H,23,24). The van der Waals surface area contributed by atoms with Crippen LogP contribution in [0.15, 0.2) is 0 Å². The maximum atomic E-state index is 11.1. The number of carboxylic acids is 3. The molecule has 0 fully saturated rings. The number of ketones is 1. The van der Waals surface area contributed by atoms with E-state index in [0.29, 0.717) is 13.1 Å². The first kappa shape index (κ1) is 22.0. The van der Waals surface area contributed by atoms with Gasteiger partial charge < -0.3 is 30.7 Å². The Morgan fingerprint density at radius 3 is 2.12 bits per heavy atom. The van der Waals surface area contributed by atoms with Gasteiger partial charge in [-0.15, -0.1) is 0 Å². The number of carboxylic acid groups (broad SMARTS) is 3. The molecule has 0 saturated carbocycles. The molecule has 0 aliphatic heterocycles. The number of aliphatic carboxylic acids is 3. The van der Waals surface area contributed by atoms with Crippen LogP contribution in [-0.2, 0) is 19.2 Å². The van der Waals surface area contributed by atoms with Gasteiger partial charge in [0.15, 0.2) is 0 Å². The van der Waals surface area contributed by atoms with E-state index in [9.17, 15) is 19.2 Å². The zero-order chi connectivity index (χ0) is 18.5. The molecule has 24 heavy (non-hydrogen) atoms. The number of rotatable bonds is 15. The number of hydrogen-bond acceptors (Lipinski definition) is 7. The second-order valence-electron chi connectivity index (χ2n) is 5.33. The summed E-state index contributed by atoms with van der Waals surface area (Å²) in [4.78, 5) is 44.8. The van der Waals surface area contributed by atoms with Crippen molar-refractivity contribution >= 4 is 23.7 Å². The van der Waals surface area contributed by atoms with Gasteiger partial charge in [0.25, 0.3) is 0 Å². The van der Waals surface area contributed by atoms with Gasteiger partial charge in [-0.1, -0.05) is 0 Å². The summed E-state index contributed by atoms with van der Waals surface area (Å²) in [6.07, 6.45) is 0.325. The minimum absolute atomic E-state index is 0.0972. The van der Waals surface area contributed by atoms with E-state index in [0.717, 1.165) is 0 Å². The summed E-state index contributed by atoms with van der Waals surface area (Å²) in [7, 11) is 0. The lowest BCUT2D eigenvalue weighted by Crippen LogP contribution is -2.44. The Labute approximate surface area is 139 Å². The number of hydrogen-bond donors (Lipinski definition) is 5. The van der Waals surface area contributed by atoms with Gasteiger partial charge in [0, 0.05) is 32.6 Å². The molecule has 0 saturated heterocycles. The molecule has 138 valence electrons. The monoisotopic (exact) mass is 347 g/mol. The van der Waals surface area contributed by atoms with Gasteiger partial charge in [0.1, 0.15) is 11.8 Å². The lowest BCUT2D eigenvalue weighted by Gasteiger charge is -2.22. The van der Waals surface area contributed by atoms with E-state index in [1.54, 1.807) is 4.90 Å². The fourth-order valence-corrected chi connectivity index (χ4v) is 1.95. The first-order chi connectivity index (χ1) is 11.2. The van der Waals surface area contributed by atoms with Crippen LogP contribution in [-0.4, -0.2) is 89.2 Å². The van der Waals surface area contributed by atoms with Crippen molar-refractivity contribution in [1.29, 1.82) is 0 Å². The van der Waals surface area contributed by atoms with Crippen LogP contribution in [0.5, 0.6) is 0 Å². The third-order valence-electron chi connectivity index (χ3n) is 3.14. The second kappa shape index (κ2) is 12.4. The van der Waals surface area contributed by atoms with Crippen LogP contribution < -0.4 is 10.6 Å². The summed E-state index contributed by atoms with van der Waals surface area (Å²) in [5.41, 5.74) is 0. The van der Waals surface area contributed by atoms with Gasteiger partial charge in [-0.05, 0) is 13.3 Å². The summed E-state index contributed by atoms with van der Waals surface area (Å²) in [5.74, 6) is -3.19. The van der Waals surface area contributed by atoms with Crippen molar-refractivity contribution in [2.24, 2.45) is 0 Å². The average molecular weight is 347 g/mol. The van der Waals surface area contributed by atoms with Crippen LogP contribution in [0.4, 0.5) is 0 Å². The Morgan fingerprint density at radius 1 is 1.00 bits per heavy atom. The fourth-order valence-electron chi connectivity index (χ4n) is 1.95. The maximum Gasteiger partial charge on any atom is 0.320 e. The molecule has 10 heteroatoms. The van der Waals surface area contributed by atoms with Gasteiger partial charge >= 0.3 is 17.9 Å². The Balaban J connectivity index is 4.26. The number of Topliss-reactive ketones (excluding diaryl/α,β-unsaturated/α-hetero) is 1. The highest BCUT2D eigenvalue weighted by molar-refractivity contribution is 5.78. The predicted octanol–water partition coefficient (Wildman–Crippen LogP) is -1.54. The molecule has 1 atom stereocenters. The first-order valence-electron chi connectivity index (χ1n) is 7.54. The zero-order valence-corrected chi connectivity index (χ0v) is 13.7. The predicted molar refractivity (Wildman–Crippen MR) is 83.9 cm³/mol. The summed E-state index contributed by atoms with van der Waals surface area (Å²) in [6, 6.07) is -0.870. The van der Waals surface area contributed by atoms with E-state index in [4.69, 9.17) is 15.3 Å². The van der Waals surface area contributed by atoms with Crippen LogP contribution in [0.1, 0.15) is 19.8 Å². The number of nitrogens with zero attached hydrogens (tertiary/aromatic N) is 1.